The van der Waals surface area contributed by atoms with Gasteiger partial charge in [0, 0.05) is 5.56 Å². The Morgan fingerprint density at radius 2 is 2.07 bits per heavy atom. The van der Waals surface area contributed by atoms with Crippen LogP contribution in [0.1, 0.15) is 21.5 Å². The van der Waals surface area contributed by atoms with E-state index in [1.165, 1.54) is 20.3 Å². The van der Waals surface area contributed by atoms with Gasteiger partial charge in [0.15, 0.2) is 0 Å². The third-order valence-corrected chi connectivity index (χ3v) is 2.15. The molecule has 0 amide bonds. The summed E-state index contributed by atoms with van der Waals surface area (Å²) in [6.45, 7) is 1.71. The molecule has 0 bridgehead atoms. The predicted molar refractivity (Wildman–Crippen MR) is 53.8 cm³/mol. The van der Waals surface area contributed by atoms with Gasteiger partial charge in [-0.05, 0) is 19.1 Å². The molecule has 1 rings (SSSR count). The van der Waals surface area contributed by atoms with Gasteiger partial charge in [-0.15, -0.1) is 0 Å². The molecule has 0 aliphatic carbocycles. The van der Waals surface area contributed by atoms with Crippen LogP contribution in [0, 0.1) is 18.3 Å². The summed E-state index contributed by atoms with van der Waals surface area (Å²) in [6.07, 6.45) is 0. The molecule has 0 N–H and O–H groups in total. The van der Waals surface area contributed by atoms with Crippen LogP contribution < -0.4 is 4.74 Å². The van der Waals surface area contributed by atoms with E-state index >= 15 is 0 Å². The summed E-state index contributed by atoms with van der Waals surface area (Å²) in [6, 6.07) is 5.14. The Labute approximate surface area is 88.0 Å². The van der Waals surface area contributed by atoms with Crippen LogP contribution in [-0.4, -0.2) is 20.2 Å². The standard InChI is InChI=1S/C11H11NO3/c1-7-9(14-2)5-4-8(6-12)10(7)11(13)15-3/h4-5H,1-3H3. The van der Waals surface area contributed by atoms with Crippen molar-refractivity contribution in [3.63, 3.8) is 0 Å². The number of methoxy groups -OCH3 is 2. The monoisotopic (exact) mass is 205 g/mol. The summed E-state index contributed by atoms with van der Waals surface area (Å²) in [5.74, 6) is 0.0392. The zero-order valence-corrected chi connectivity index (χ0v) is 8.83. The maximum atomic E-state index is 11.5. The van der Waals surface area contributed by atoms with Crippen molar-refractivity contribution in [2.75, 3.05) is 14.2 Å². The zero-order chi connectivity index (χ0) is 11.4. The van der Waals surface area contributed by atoms with Gasteiger partial charge >= 0.3 is 5.97 Å². The lowest BCUT2D eigenvalue weighted by atomic mass is 10.0. The van der Waals surface area contributed by atoms with Gasteiger partial charge in [0.2, 0.25) is 0 Å². The molecule has 0 fully saturated rings. The fourth-order valence-corrected chi connectivity index (χ4v) is 1.37. The highest BCUT2D eigenvalue weighted by Crippen LogP contribution is 2.24. The lowest BCUT2D eigenvalue weighted by Gasteiger charge is -2.09. The second kappa shape index (κ2) is 4.47. The van der Waals surface area contributed by atoms with Crippen LogP contribution in [-0.2, 0) is 4.74 Å². The van der Waals surface area contributed by atoms with Gasteiger partial charge in [-0.1, -0.05) is 0 Å². The molecular formula is C11H11NO3. The van der Waals surface area contributed by atoms with Crippen LogP contribution in [0.5, 0.6) is 5.75 Å². The van der Waals surface area contributed by atoms with E-state index in [9.17, 15) is 4.79 Å². The molecule has 0 aromatic heterocycles. The number of carbonyl (C=O) groups is 1. The minimum absolute atomic E-state index is 0.263. The molecule has 0 saturated carbocycles. The van der Waals surface area contributed by atoms with E-state index in [0.717, 1.165) is 0 Å². The molecule has 0 aliphatic rings. The highest BCUT2D eigenvalue weighted by Gasteiger charge is 2.17. The molecule has 4 nitrogen and oxygen atoms in total. The maximum Gasteiger partial charge on any atom is 0.339 e. The summed E-state index contributed by atoms with van der Waals surface area (Å²) in [5.41, 5.74) is 1.17. The topological polar surface area (TPSA) is 59.3 Å². The van der Waals surface area contributed by atoms with Crippen molar-refractivity contribution in [2.24, 2.45) is 0 Å². The zero-order valence-electron chi connectivity index (χ0n) is 8.83. The average molecular weight is 205 g/mol. The number of carbonyl (C=O) groups excluding carboxylic acids is 1. The molecule has 0 unspecified atom stereocenters. The van der Waals surface area contributed by atoms with Crippen LogP contribution in [0.25, 0.3) is 0 Å². The molecule has 1 aromatic rings. The second-order valence-electron chi connectivity index (χ2n) is 2.92. The minimum Gasteiger partial charge on any atom is -0.496 e. The first-order chi connectivity index (χ1) is 7.15. The number of nitriles is 1. The normalized spacial score (nSPS) is 9.20. The number of benzene rings is 1. The van der Waals surface area contributed by atoms with Crippen molar-refractivity contribution < 1.29 is 14.3 Å². The van der Waals surface area contributed by atoms with E-state index in [1.54, 1.807) is 13.0 Å². The molecule has 78 valence electrons. The molecular weight excluding hydrogens is 194 g/mol. The molecule has 0 heterocycles. The van der Waals surface area contributed by atoms with Crippen molar-refractivity contribution >= 4 is 5.97 Å². The first-order valence-electron chi connectivity index (χ1n) is 4.31. The SMILES string of the molecule is COC(=O)c1c(C#N)ccc(OC)c1C. The summed E-state index contributed by atoms with van der Waals surface area (Å²) < 4.78 is 9.68. The molecule has 0 spiro atoms. The van der Waals surface area contributed by atoms with E-state index in [-0.39, 0.29) is 5.56 Å². The second-order valence-corrected chi connectivity index (χ2v) is 2.92. The van der Waals surface area contributed by atoms with Gasteiger partial charge in [0.25, 0.3) is 0 Å². The molecule has 1 aromatic carbocycles. The van der Waals surface area contributed by atoms with Crippen LogP contribution in [0.15, 0.2) is 12.1 Å². The van der Waals surface area contributed by atoms with Gasteiger partial charge in [-0.25, -0.2) is 4.79 Å². The first kappa shape index (κ1) is 11.1. The Kier molecular flexibility index (Phi) is 3.29. The van der Waals surface area contributed by atoms with Crippen LogP contribution in [0.2, 0.25) is 0 Å². The lowest BCUT2D eigenvalue weighted by molar-refractivity contribution is 0.0599. The summed E-state index contributed by atoms with van der Waals surface area (Å²) in [7, 11) is 2.79. The number of hydrogen-bond acceptors (Lipinski definition) is 4. The number of hydrogen-bond donors (Lipinski definition) is 0. The Morgan fingerprint density at radius 1 is 1.40 bits per heavy atom. The minimum atomic E-state index is -0.525. The van der Waals surface area contributed by atoms with Crippen LogP contribution >= 0.6 is 0 Å². The van der Waals surface area contributed by atoms with Crippen molar-refractivity contribution in [2.45, 2.75) is 6.92 Å². The number of rotatable bonds is 2. The lowest BCUT2D eigenvalue weighted by Crippen LogP contribution is -2.07. The van der Waals surface area contributed by atoms with Gasteiger partial charge in [-0.3, -0.25) is 0 Å². The quantitative estimate of drug-likeness (QED) is 0.689. The molecule has 0 radical (unpaired) electrons. The van der Waals surface area contributed by atoms with E-state index < -0.39 is 5.97 Å². The molecule has 15 heavy (non-hydrogen) atoms. The summed E-state index contributed by atoms with van der Waals surface area (Å²) in [5, 5.41) is 8.85. The Balaban J connectivity index is 3.44. The largest absolute Gasteiger partial charge is 0.496 e. The average Bonchev–Trinajstić information content (AvgIpc) is 2.27. The van der Waals surface area contributed by atoms with E-state index in [2.05, 4.69) is 4.74 Å². The maximum absolute atomic E-state index is 11.5. The summed E-state index contributed by atoms with van der Waals surface area (Å²) in [4.78, 5) is 11.5. The van der Waals surface area contributed by atoms with Crippen molar-refractivity contribution in [3.05, 3.63) is 28.8 Å². The van der Waals surface area contributed by atoms with Gasteiger partial charge in [0.05, 0.1) is 25.3 Å². The Bertz CT molecular complexity index is 432. The number of esters is 1. The van der Waals surface area contributed by atoms with Crippen molar-refractivity contribution in [3.8, 4) is 11.8 Å². The Morgan fingerprint density at radius 3 is 2.53 bits per heavy atom. The summed E-state index contributed by atoms with van der Waals surface area (Å²) >= 11 is 0. The van der Waals surface area contributed by atoms with Crippen LogP contribution in [0.3, 0.4) is 0 Å². The van der Waals surface area contributed by atoms with E-state index in [1.807, 2.05) is 6.07 Å². The van der Waals surface area contributed by atoms with Gasteiger partial charge in [0.1, 0.15) is 11.8 Å². The molecule has 4 heteroatoms. The fourth-order valence-electron chi connectivity index (χ4n) is 1.37. The fraction of sp³-hybridized carbons (Fsp3) is 0.273. The number of ether oxygens (including phenoxy) is 2. The highest BCUT2D eigenvalue weighted by molar-refractivity contribution is 5.94. The smallest absolute Gasteiger partial charge is 0.339 e. The van der Waals surface area contributed by atoms with Crippen LogP contribution in [0.4, 0.5) is 0 Å². The first-order valence-corrected chi connectivity index (χ1v) is 4.31. The van der Waals surface area contributed by atoms with E-state index in [4.69, 9.17) is 10.00 Å². The third-order valence-electron chi connectivity index (χ3n) is 2.15. The van der Waals surface area contributed by atoms with Crippen molar-refractivity contribution in [1.82, 2.24) is 0 Å². The predicted octanol–water partition coefficient (Wildman–Crippen LogP) is 1.66. The van der Waals surface area contributed by atoms with E-state index in [0.29, 0.717) is 16.9 Å². The Hall–Kier alpha value is -2.02. The number of nitrogens with zero attached hydrogens (tertiary/aromatic N) is 1. The van der Waals surface area contributed by atoms with Gasteiger partial charge < -0.3 is 9.47 Å². The molecule has 0 aliphatic heterocycles. The highest BCUT2D eigenvalue weighted by atomic mass is 16.5. The molecule has 0 saturated heterocycles. The molecule has 0 atom stereocenters. The van der Waals surface area contributed by atoms with Gasteiger partial charge in [-0.2, -0.15) is 5.26 Å². The van der Waals surface area contributed by atoms with Crippen molar-refractivity contribution in [1.29, 1.82) is 5.26 Å². The third kappa shape index (κ3) is 1.91.